The molecule has 3 atom stereocenters. The van der Waals surface area contributed by atoms with Gasteiger partial charge in [0, 0.05) is 18.8 Å². The van der Waals surface area contributed by atoms with E-state index in [1.807, 2.05) is 6.08 Å². The summed E-state index contributed by atoms with van der Waals surface area (Å²) in [6.07, 6.45) is 6.63. The fourth-order valence-electron chi connectivity index (χ4n) is 2.79. The summed E-state index contributed by atoms with van der Waals surface area (Å²) in [6.45, 7) is 11.3. The topological polar surface area (TPSA) is 29.9 Å². The summed E-state index contributed by atoms with van der Waals surface area (Å²) in [4.78, 5) is 4.56. The first-order valence-corrected chi connectivity index (χ1v) is 6.53. The molecule has 0 bridgehead atoms. The highest BCUT2D eigenvalue weighted by atomic mass is 15.2. The largest absolute Gasteiger partial charge is 0.352 e. The Morgan fingerprint density at radius 1 is 1.53 bits per heavy atom. The molecule has 0 spiro atoms. The molecule has 17 heavy (non-hydrogen) atoms. The summed E-state index contributed by atoms with van der Waals surface area (Å²) in [6, 6.07) is 0.596. The maximum absolute atomic E-state index is 4.56. The SMILES string of the molecule is C=CCNc1nc(C)cn1C1CCC(C)C1C. The molecule has 1 aromatic heterocycles. The van der Waals surface area contributed by atoms with E-state index in [4.69, 9.17) is 0 Å². The van der Waals surface area contributed by atoms with E-state index in [1.54, 1.807) is 0 Å². The average molecular weight is 233 g/mol. The number of nitrogens with one attached hydrogen (secondary N) is 1. The van der Waals surface area contributed by atoms with Gasteiger partial charge >= 0.3 is 0 Å². The van der Waals surface area contributed by atoms with Crippen LogP contribution >= 0.6 is 0 Å². The molecule has 1 N–H and O–H groups in total. The highest BCUT2D eigenvalue weighted by Gasteiger charge is 2.32. The molecule has 1 saturated carbocycles. The molecule has 1 aromatic rings. The maximum Gasteiger partial charge on any atom is 0.203 e. The molecule has 1 heterocycles. The van der Waals surface area contributed by atoms with Gasteiger partial charge < -0.3 is 9.88 Å². The number of aryl methyl sites for hydroxylation is 1. The second-order valence-corrected chi connectivity index (χ2v) is 5.26. The third-order valence-electron chi connectivity index (χ3n) is 4.04. The monoisotopic (exact) mass is 233 g/mol. The molecule has 0 radical (unpaired) electrons. The van der Waals surface area contributed by atoms with Crippen LogP contribution in [0.4, 0.5) is 5.95 Å². The molecular weight excluding hydrogens is 210 g/mol. The standard InChI is InChI=1S/C14H23N3/c1-5-8-15-14-16-11(3)9-17(14)13-7-6-10(2)12(13)4/h5,9-10,12-13H,1,6-8H2,2-4H3,(H,15,16). The molecule has 2 rings (SSSR count). The Morgan fingerprint density at radius 3 is 2.88 bits per heavy atom. The van der Waals surface area contributed by atoms with Crippen LogP contribution in [0.1, 0.15) is 38.4 Å². The minimum atomic E-state index is 0.596. The van der Waals surface area contributed by atoms with Crippen molar-refractivity contribution in [1.82, 2.24) is 9.55 Å². The van der Waals surface area contributed by atoms with Crippen molar-refractivity contribution < 1.29 is 0 Å². The van der Waals surface area contributed by atoms with Gasteiger partial charge in [-0.2, -0.15) is 0 Å². The number of anilines is 1. The first-order valence-electron chi connectivity index (χ1n) is 6.53. The van der Waals surface area contributed by atoms with E-state index in [0.29, 0.717) is 6.04 Å². The smallest absolute Gasteiger partial charge is 0.203 e. The molecule has 1 fully saturated rings. The average Bonchev–Trinajstić information content (AvgIpc) is 2.81. The predicted octanol–water partition coefficient (Wildman–Crippen LogP) is 3.40. The van der Waals surface area contributed by atoms with Gasteiger partial charge in [-0.1, -0.05) is 19.9 Å². The Hall–Kier alpha value is -1.25. The number of aromatic nitrogens is 2. The van der Waals surface area contributed by atoms with Gasteiger partial charge in [0.15, 0.2) is 0 Å². The van der Waals surface area contributed by atoms with Crippen molar-refractivity contribution in [3.05, 3.63) is 24.5 Å². The van der Waals surface area contributed by atoms with Gasteiger partial charge in [0.25, 0.3) is 0 Å². The fourth-order valence-corrected chi connectivity index (χ4v) is 2.79. The first kappa shape index (κ1) is 12.2. The van der Waals surface area contributed by atoms with E-state index in [9.17, 15) is 0 Å². The fraction of sp³-hybridized carbons (Fsp3) is 0.643. The summed E-state index contributed by atoms with van der Waals surface area (Å²) in [5, 5.41) is 3.33. The van der Waals surface area contributed by atoms with Crippen molar-refractivity contribution in [3.63, 3.8) is 0 Å². The Bertz CT molecular complexity index is 394. The highest BCUT2D eigenvalue weighted by Crippen LogP contribution is 2.41. The normalized spacial score (nSPS) is 28.3. The van der Waals surface area contributed by atoms with E-state index in [1.165, 1.54) is 12.8 Å². The van der Waals surface area contributed by atoms with Crippen LogP contribution in [0.3, 0.4) is 0 Å². The van der Waals surface area contributed by atoms with E-state index >= 15 is 0 Å². The number of imidazole rings is 1. The summed E-state index contributed by atoms with van der Waals surface area (Å²) < 4.78 is 2.33. The van der Waals surface area contributed by atoms with Crippen molar-refractivity contribution in [3.8, 4) is 0 Å². The maximum atomic E-state index is 4.56. The quantitative estimate of drug-likeness (QED) is 0.808. The summed E-state index contributed by atoms with van der Waals surface area (Å²) in [7, 11) is 0. The third kappa shape index (κ3) is 2.38. The van der Waals surface area contributed by atoms with Crippen LogP contribution in [0.5, 0.6) is 0 Å². The molecule has 0 amide bonds. The zero-order valence-corrected chi connectivity index (χ0v) is 11.1. The van der Waals surface area contributed by atoms with Gasteiger partial charge in [-0.25, -0.2) is 4.98 Å². The van der Waals surface area contributed by atoms with E-state index in [-0.39, 0.29) is 0 Å². The summed E-state index contributed by atoms with van der Waals surface area (Å²) >= 11 is 0. The van der Waals surface area contributed by atoms with Crippen LogP contribution < -0.4 is 5.32 Å². The van der Waals surface area contributed by atoms with Crippen molar-refractivity contribution in [2.45, 2.75) is 39.7 Å². The van der Waals surface area contributed by atoms with Gasteiger partial charge in [0.1, 0.15) is 0 Å². The number of hydrogen-bond donors (Lipinski definition) is 1. The van der Waals surface area contributed by atoms with Gasteiger partial charge in [-0.15, -0.1) is 6.58 Å². The van der Waals surface area contributed by atoms with Crippen molar-refractivity contribution in [2.75, 3.05) is 11.9 Å². The molecule has 3 unspecified atom stereocenters. The molecule has 0 aliphatic heterocycles. The Balaban J connectivity index is 2.22. The number of hydrogen-bond acceptors (Lipinski definition) is 2. The van der Waals surface area contributed by atoms with E-state index in [2.05, 4.69) is 48.4 Å². The van der Waals surface area contributed by atoms with Crippen LogP contribution in [-0.4, -0.2) is 16.1 Å². The second-order valence-electron chi connectivity index (χ2n) is 5.26. The van der Waals surface area contributed by atoms with Crippen LogP contribution in [-0.2, 0) is 0 Å². The predicted molar refractivity (Wildman–Crippen MR) is 72.2 cm³/mol. The molecule has 0 aromatic carbocycles. The third-order valence-corrected chi connectivity index (χ3v) is 4.04. The lowest BCUT2D eigenvalue weighted by molar-refractivity contribution is 0.355. The van der Waals surface area contributed by atoms with E-state index < -0.39 is 0 Å². The molecule has 1 aliphatic rings. The molecule has 0 saturated heterocycles. The zero-order valence-electron chi connectivity index (χ0n) is 11.1. The number of rotatable bonds is 4. The molecule has 3 heteroatoms. The summed E-state index contributed by atoms with van der Waals surface area (Å²) in [5.74, 6) is 2.54. The van der Waals surface area contributed by atoms with Gasteiger partial charge in [0.05, 0.1) is 5.69 Å². The molecule has 1 aliphatic carbocycles. The lowest BCUT2D eigenvalue weighted by Crippen LogP contribution is -2.17. The molecular formula is C14H23N3. The second kappa shape index (κ2) is 4.94. The Morgan fingerprint density at radius 2 is 2.29 bits per heavy atom. The van der Waals surface area contributed by atoms with Gasteiger partial charge in [-0.3, -0.25) is 0 Å². The highest BCUT2D eigenvalue weighted by molar-refractivity contribution is 5.30. The van der Waals surface area contributed by atoms with Crippen molar-refractivity contribution >= 4 is 5.95 Å². The molecule has 94 valence electrons. The van der Waals surface area contributed by atoms with Crippen molar-refractivity contribution in [2.24, 2.45) is 11.8 Å². The molecule has 3 nitrogen and oxygen atoms in total. The minimum Gasteiger partial charge on any atom is -0.352 e. The van der Waals surface area contributed by atoms with Crippen molar-refractivity contribution in [1.29, 1.82) is 0 Å². The lowest BCUT2D eigenvalue weighted by atomic mass is 9.98. The first-order chi connectivity index (χ1) is 8.13. The van der Waals surface area contributed by atoms with Gasteiger partial charge in [0.2, 0.25) is 5.95 Å². The Kier molecular flexibility index (Phi) is 3.55. The number of nitrogens with zero attached hydrogens (tertiary/aromatic N) is 2. The van der Waals surface area contributed by atoms with Gasteiger partial charge in [-0.05, 0) is 31.6 Å². The van der Waals surface area contributed by atoms with Crippen LogP contribution in [0, 0.1) is 18.8 Å². The van der Waals surface area contributed by atoms with Crippen LogP contribution in [0.25, 0.3) is 0 Å². The van der Waals surface area contributed by atoms with Crippen LogP contribution in [0.2, 0.25) is 0 Å². The summed E-state index contributed by atoms with van der Waals surface area (Å²) in [5.41, 5.74) is 1.09. The Labute approximate surface area is 104 Å². The lowest BCUT2D eigenvalue weighted by Gasteiger charge is -2.21. The zero-order chi connectivity index (χ0) is 12.4. The van der Waals surface area contributed by atoms with Crippen LogP contribution in [0.15, 0.2) is 18.9 Å². The minimum absolute atomic E-state index is 0.596. The van der Waals surface area contributed by atoms with E-state index in [0.717, 1.165) is 30.0 Å².